The highest BCUT2D eigenvalue weighted by molar-refractivity contribution is 7.92. The van der Waals surface area contributed by atoms with Crippen molar-refractivity contribution in [1.82, 2.24) is 5.32 Å². The molecule has 1 amide bonds. The molecule has 1 saturated heterocycles. The molecular weight excluding hydrogens is 298 g/mol. The third-order valence-corrected chi connectivity index (χ3v) is 5.31. The minimum atomic E-state index is -2.83. The maximum absolute atomic E-state index is 11.9. The lowest BCUT2D eigenvalue weighted by atomic mass is 10.1. The monoisotopic (exact) mass is 313 g/mol. The first-order chi connectivity index (χ1) is 9.35. The molecule has 6 heteroatoms. The number of carbonyl (C=O) groups is 1. The van der Waals surface area contributed by atoms with Crippen LogP contribution >= 0.6 is 11.6 Å². The minimum absolute atomic E-state index is 0.0444. The molecule has 0 radical (unpaired) electrons. The van der Waals surface area contributed by atoms with Crippen LogP contribution in [0.4, 0.5) is 0 Å². The summed E-state index contributed by atoms with van der Waals surface area (Å²) in [6, 6.07) is 7.22. The maximum Gasteiger partial charge on any atom is 0.246 e. The zero-order valence-corrected chi connectivity index (χ0v) is 12.7. The zero-order valence-electron chi connectivity index (χ0n) is 11.1. The van der Waals surface area contributed by atoms with Gasteiger partial charge in [-0.05, 0) is 30.7 Å². The number of sulfone groups is 1. The molecule has 20 heavy (non-hydrogen) atoms. The van der Waals surface area contributed by atoms with Gasteiger partial charge in [0.05, 0.1) is 11.5 Å². The number of nitrogens with one attached hydrogen (secondary N) is 1. The Hall–Kier alpha value is -1.33. The fourth-order valence-corrected chi connectivity index (χ4v) is 3.85. The molecule has 4 nitrogen and oxygen atoms in total. The molecule has 1 aliphatic heterocycles. The van der Waals surface area contributed by atoms with Crippen molar-refractivity contribution >= 4 is 33.4 Å². The summed E-state index contributed by atoms with van der Waals surface area (Å²) in [5.41, 5.74) is 1.42. The lowest BCUT2D eigenvalue weighted by Gasteiger charge is -2.25. The van der Waals surface area contributed by atoms with Crippen molar-refractivity contribution in [1.29, 1.82) is 0 Å². The number of hydrogen-bond donors (Lipinski definition) is 1. The van der Waals surface area contributed by atoms with Crippen LogP contribution in [0.2, 0.25) is 5.02 Å². The first-order valence-electron chi connectivity index (χ1n) is 6.28. The van der Waals surface area contributed by atoms with Gasteiger partial charge in [0.15, 0.2) is 9.84 Å². The van der Waals surface area contributed by atoms with Gasteiger partial charge in [-0.1, -0.05) is 23.7 Å². The fraction of sp³-hybridized carbons (Fsp3) is 0.357. The molecule has 1 aromatic carbocycles. The highest BCUT2D eigenvalue weighted by Gasteiger charge is 2.33. The molecule has 1 aromatic rings. The van der Waals surface area contributed by atoms with Gasteiger partial charge in [-0.2, -0.15) is 0 Å². The molecule has 2 rings (SSSR count). The predicted octanol–water partition coefficient (Wildman–Crippen LogP) is 1.90. The van der Waals surface area contributed by atoms with E-state index in [-0.39, 0.29) is 23.3 Å². The summed E-state index contributed by atoms with van der Waals surface area (Å²) in [5, 5.41) is 3.37. The number of benzene rings is 1. The number of halogens is 1. The maximum atomic E-state index is 11.9. The molecule has 0 aliphatic carbocycles. The van der Waals surface area contributed by atoms with Crippen LogP contribution in [0.5, 0.6) is 0 Å². The van der Waals surface area contributed by atoms with Crippen molar-refractivity contribution in [3.8, 4) is 0 Å². The van der Waals surface area contributed by atoms with Gasteiger partial charge in [0.1, 0.15) is 0 Å². The molecule has 1 fully saturated rings. The quantitative estimate of drug-likeness (QED) is 0.864. The second kappa shape index (κ2) is 5.97. The second-order valence-electron chi connectivity index (χ2n) is 5.04. The number of rotatable bonds is 4. The van der Waals surface area contributed by atoms with E-state index in [4.69, 9.17) is 11.6 Å². The Morgan fingerprint density at radius 1 is 1.45 bits per heavy atom. The lowest BCUT2D eigenvalue weighted by Crippen LogP contribution is -2.44. The van der Waals surface area contributed by atoms with E-state index in [1.54, 1.807) is 25.1 Å². The summed E-state index contributed by atoms with van der Waals surface area (Å²) in [6.45, 7) is 2.12. The Bertz CT molecular complexity index is 640. The average molecular weight is 314 g/mol. The molecule has 0 unspecified atom stereocenters. The highest BCUT2D eigenvalue weighted by atomic mass is 35.5. The molecule has 0 spiro atoms. The van der Waals surface area contributed by atoms with Crippen LogP contribution in [0, 0.1) is 5.92 Å². The van der Waals surface area contributed by atoms with Gasteiger partial charge in [-0.25, -0.2) is 8.42 Å². The molecular formula is C14H16ClNO3S. The third-order valence-electron chi connectivity index (χ3n) is 3.12. The van der Waals surface area contributed by atoms with Crippen LogP contribution in [0.1, 0.15) is 12.5 Å². The molecule has 1 heterocycles. The summed E-state index contributed by atoms with van der Waals surface area (Å²) in [7, 11) is -2.83. The Morgan fingerprint density at radius 2 is 2.15 bits per heavy atom. The summed E-state index contributed by atoms with van der Waals surface area (Å²) in [5.74, 6) is 0.200. The fourth-order valence-electron chi connectivity index (χ4n) is 2.08. The summed E-state index contributed by atoms with van der Waals surface area (Å²) >= 11 is 5.88. The van der Waals surface area contributed by atoms with Crippen molar-refractivity contribution < 1.29 is 13.2 Å². The smallest absolute Gasteiger partial charge is 0.246 e. The van der Waals surface area contributed by atoms with Crippen molar-refractivity contribution in [2.24, 2.45) is 5.92 Å². The van der Waals surface area contributed by atoms with Gasteiger partial charge >= 0.3 is 0 Å². The van der Waals surface area contributed by atoms with Gasteiger partial charge < -0.3 is 5.32 Å². The van der Waals surface area contributed by atoms with E-state index < -0.39 is 9.84 Å². The van der Waals surface area contributed by atoms with E-state index in [9.17, 15) is 13.2 Å². The molecule has 0 saturated carbocycles. The first-order valence-corrected chi connectivity index (χ1v) is 8.48. The van der Waals surface area contributed by atoms with E-state index in [0.29, 0.717) is 17.1 Å². The van der Waals surface area contributed by atoms with Crippen LogP contribution in [-0.2, 0) is 14.6 Å². The van der Waals surface area contributed by atoms with Gasteiger partial charge in [-0.3, -0.25) is 4.79 Å². The first kappa shape index (κ1) is 15.1. The van der Waals surface area contributed by atoms with E-state index in [2.05, 4.69) is 5.32 Å². The standard InChI is InChI=1S/C14H16ClNO3S/c1-10(5-11-3-2-4-13(15)6-11)14(17)16-7-12-8-20(18,19)9-12/h2-6,12H,7-9H2,1H3,(H,16,17). The lowest BCUT2D eigenvalue weighted by molar-refractivity contribution is -0.117. The molecule has 1 N–H and O–H groups in total. The Morgan fingerprint density at radius 3 is 2.75 bits per heavy atom. The Kier molecular flexibility index (Phi) is 4.50. The van der Waals surface area contributed by atoms with Crippen molar-refractivity contribution in [3.05, 3.63) is 40.4 Å². The van der Waals surface area contributed by atoms with Gasteiger partial charge in [0, 0.05) is 23.1 Å². The van der Waals surface area contributed by atoms with Gasteiger partial charge in [-0.15, -0.1) is 0 Å². The summed E-state index contributed by atoms with van der Waals surface area (Å²) in [4.78, 5) is 11.9. The van der Waals surface area contributed by atoms with E-state index in [0.717, 1.165) is 5.56 Å². The van der Waals surface area contributed by atoms with E-state index >= 15 is 0 Å². The van der Waals surface area contributed by atoms with Crippen LogP contribution in [-0.4, -0.2) is 32.4 Å². The summed E-state index contributed by atoms with van der Waals surface area (Å²) < 4.78 is 22.0. The topological polar surface area (TPSA) is 63.2 Å². The molecule has 0 bridgehead atoms. The molecule has 0 atom stereocenters. The summed E-state index contributed by atoms with van der Waals surface area (Å²) in [6.07, 6.45) is 1.75. The highest BCUT2D eigenvalue weighted by Crippen LogP contribution is 2.17. The Labute approximate surface area is 123 Å². The SMILES string of the molecule is CC(=Cc1cccc(Cl)c1)C(=O)NCC1CS(=O)(=O)C1. The van der Waals surface area contributed by atoms with Crippen molar-refractivity contribution in [2.75, 3.05) is 18.1 Å². The van der Waals surface area contributed by atoms with Gasteiger partial charge in [0.2, 0.25) is 5.91 Å². The Balaban J connectivity index is 1.89. The van der Waals surface area contributed by atoms with Gasteiger partial charge in [0.25, 0.3) is 0 Å². The number of hydrogen-bond acceptors (Lipinski definition) is 3. The van der Waals surface area contributed by atoms with Crippen LogP contribution in [0.25, 0.3) is 6.08 Å². The molecule has 0 aromatic heterocycles. The van der Waals surface area contributed by atoms with Crippen LogP contribution in [0.15, 0.2) is 29.8 Å². The predicted molar refractivity (Wildman–Crippen MR) is 80.3 cm³/mol. The molecule has 108 valence electrons. The second-order valence-corrected chi connectivity index (χ2v) is 7.63. The number of amides is 1. The van der Waals surface area contributed by atoms with E-state index in [1.165, 1.54) is 0 Å². The molecule has 1 aliphatic rings. The third kappa shape index (κ3) is 4.08. The normalized spacial score (nSPS) is 18.4. The zero-order chi connectivity index (χ0) is 14.8. The number of carbonyl (C=O) groups excluding carboxylic acids is 1. The van der Waals surface area contributed by atoms with E-state index in [1.807, 2.05) is 12.1 Å². The average Bonchev–Trinajstić information content (AvgIpc) is 2.33. The van der Waals surface area contributed by atoms with Crippen LogP contribution < -0.4 is 5.32 Å². The largest absolute Gasteiger partial charge is 0.352 e. The van der Waals surface area contributed by atoms with Crippen molar-refractivity contribution in [2.45, 2.75) is 6.92 Å². The van der Waals surface area contributed by atoms with Crippen molar-refractivity contribution in [3.63, 3.8) is 0 Å². The van der Waals surface area contributed by atoms with Crippen LogP contribution in [0.3, 0.4) is 0 Å². The minimum Gasteiger partial charge on any atom is -0.352 e.